The lowest BCUT2D eigenvalue weighted by Gasteiger charge is -2.14. The van der Waals surface area contributed by atoms with Crippen molar-refractivity contribution in [1.29, 1.82) is 0 Å². The van der Waals surface area contributed by atoms with Crippen molar-refractivity contribution in [3.05, 3.63) is 34.4 Å². The number of rotatable bonds is 1. The zero-order valence-corrected chi connectivity index (χ0v) is 7.23. The normalized spacial score (nSPS) is 13.6. The minimum atomic E-state index is -0.730. The van der Waals surface area contributed by atoms with E-state index < -0.39 is 5.91 Å². The van der Waals surface area contributed by atoms with Crippen molar-refractivity contribution in [2.75, 3.05) is 11.9 Å². The van der Waals surface area contributed by atoms with Crippen molar-refractivity contribution >= 4 is 17.8 Å². The lowest BCUT2D eigenvalue weighted by atomic mass is 10.1. The number of pyridine rings is 1. The number of fused-ring (bicyclic) bond motifs is 1. The maximum atomic E-state index is 11.0. The van der Waals surface area contributed by atoms with E-state index in [0.717, 1.165) is 11.4 Å². The van der Waals surface area contributed by atoms with Gasteiger partial charge in [-0.2, -0.15) is 0 Å². The van der Waals surface area contributed by atoms with Crippen molar-refractivity contribution in [2.24, 2.45) is 5.18 Å². The van der Waals surface area contributed by atoms with Gasteiger partial charge in [0.1, 0.15) is 5.82 Å². The van der Waals surface area contributed by atoms with E-state index in [1.165, 1.54) is 0 Å². The summed E-state index contributed by atoms with van der Waals surface area (Å²) in [6, 6.07) is 3.57. The number of aromatic nitrogens is 1. The predicted octanol–water partition coefficient (Wildman–Crippen LogP) is 1.18. The average molecular weight is 189 g/mol. The number of nitrogens with zero attached hydrogens (tertiary/aromatic N) is 2. The first-order chi connectivity index (χ1) is 6.81. The number of hydrogen-bond donors (Lipinski definition) is 1. The Balaban J connectivity index is 2.40. The van der Waals surface area contributed by atoms with Crippen LogP contribution in [-0.2, 0) is 4.79 Å². The Morgan fingerprint density at radius 1 is 1.57 bits per heavy atom. The van der Waals surface area contributed by atoms with Crippen LogP contribution in [0.4, 0.5) is 5.82 Å². The van der Waals surface area contributed by atoms with Crippen LogP contribution < -0.4 is 5.32 Å². The Kier molecular flexibility index (Phi) is 2.06. The molecule has 2 rings (SSSR count). The van der Waals surface area contributed by atoms with Crippen molar-refractivity contribution in [1.82, 2.24) is 4.98 Å². The van der Waals surface area contributed by atoms with Gasteiger partial charge in [0.25, 0.3) is 0 Å². The number of carbonyl (C=O) groups is 1. The van der Waals surface area contributed by atoms with E-state index in [2.05, 4.69) is 15.5 Å². The van der Waals surface area contributed by atoms with Crippen molar-refractivity contribution in [2.45, 2.75) is 0 Å². The van der Waals surface area contributed by atoms with E-state index in [1.54, 1.807) is 18.3 Å². The van der Waals surface area contributed by atoms with Gasteiger partial charge in [-0.1, -0.05) is 0 Å². The van der Waals surface area contributed by atoms with Crippen molar-refractivity contribution in [3.8, 4) is 0 Å². The maximum Gasteiger partial charge on any atom is 0.314 e. The third-order valence-electron chi connectivity index (χ3n) is 1.97. The van der Waals surface area contributed by atoms with E-state index in [0.29, 0.717) is 12.1 Å². The number of hydrogen-bond acceptors (Lipinski definition) is 4. The second kappa shape index (κ2) is 3.37. The zero-order valence-electron chi connectivity index (χ0n) is 7.23. The SMILES string of the molecule is O=NC(=O)C1=Cc2cccnc2NC1. The first kappa shape index (κ1) is 8.55. The molecular weight excluding hydrogens is 182 g/mol. The number of nitrogens with one attached hydrogen (secondary N) is 1. The molecule has 0 bridgehead atoms. The van der Waals surface area contributed by atoms with Gasteiger partial charge in [0.2, 0.25) is 0 Å². The molecule has 0 fully saturated rings. The second-order valence-electron chi connectivity index (χ2n) is 2.86. The lowest BCUT2D eigenvalue weighted by Crippen LogP contribution is -2.16. The molecule has 0 radical (unpaired) electrons. The number of carbonyl (C=O) groups excluding carboxylic acids is 1. The van der Waals surface area contributed by atoms with Gasteiger partial charge < -0.3 is 5.32 Å². The van der Waals surface area contributed by atoms with Gasteiger partial charge in [0.05, 0.1) is 0 Å². The Bertz CT molecular complexity index is 426. The maximum absolute atomic E-state index is 11.0. The van der Waals surface area contributed by atoms with Crippen LogP contribution in [0.1, 0.15) is 5.56 Å². The molecule has 1 amide bonds. The van der Waals surface area contributed by atoms with E-state index in [9.17, 15) is 9.70 Å². The van der Waals surface area contributed by atoms with Gasteiger partial charge in [-0.3, -0.25) is 4.79 Å². The summed E-state index contributed by atoms with van der Waals surface area (Å²) >= 11 is 0. The molecule has 0 spiro atoms. The average Bonchev–Trinajstić information content (AvgIpc) is 2.27. The van der Waals surface area contributed by atoms with Crippen LogP contribution in [0.15, 0.2) is 29.1 Å². The number of amides is 1. The highest BCUT2D eigenvalue weighted by Gasteiger charge is 2.15. The fourth-order valence-electron chi connectivity index (χ4n) is 1.30. The van der Waals surface area contributed by atoms with E-state index >= 15 is 0 Å². The quantitative estimate of drug-likeness (QED) is 0.673. The third-order valence-corrected chi connectivity index (χ3v) is 1.97. The molecule has 0 aliphatic carbocycles. The van der Waals surface area contributed by atoms with E-state index in [4.69, 9.17) is 0 Å². The molecule has 0 saturated carbocycles. The van der Waals surface area contributed by atoms with Gasteiger partial charge in [-0.15, -0.1) is 4.91 Å². The number of anilines is 1. The molecule has 1 aliphatic heterocycles. The molecule has 1 N–H and O–H groups in total. The minimum absolute atomic E-state index is 0.300. The van der Waals surface area contributed by atoms with Crippen molar-refractivity contribution in [3.63, 3.8) is 0 Å². The first-order valence-electron chi connectivity index (χ1n) is 4.08. The number of nitroso groups, excluding NO2 is 1. The van der Waals surface area contributed by atoms with Gasteiger partial charge in [0, 0.05) is 29.1 Å². The molecule has 5 nitrogen and oxygen atoms in total. The van der Waals surface area contributed by atoms with Gasteiger partial charge in [0.15, 0.2) is 0 Å². The summed E-state index contributed by atoms with van der Waals surface area (Å²) in [5, 5.41) is 5.30. The highest BCUT2D eigenvalue weighted by atomic mass is 16.3. The Labute approximate surface area is 79.8 Å². The fourth-order valence-corrected chi connectivity index (χ4v) is 1.30. The van der Waals surface area contributed by atoms with Gasteiger partial charge in [-0.05, 0) is 18.2 Å². The first-order valence-corrected chi connectivity index (χ1v) is 4.08. The van der Waals surface area contributed by atoms with Crippen LogP contribution in [0, 0.1) is 4.91 Å². The van der Waals surface area contributed by atoms with Gasteiger partial charge >= 0.3 is 5.91 Å². The minimum Gasteiger partial charge on any atom is -0.365 e. The van der Waals surface area contributed by atoms with E-state index in [1.807, 2.05) is 6.07 Å². The fraction of sp³-hybridized carbons (Fsp3) is 0.111. The summed E-state index contributed by atoms with van der Waals surface area (Å²) in [5.74, 6) is -0.0121. The summed E-state index contributed by atoms with van der Waals surface area (Å²) < 4.78 is 0. The summed E-state index contributed by atoms with van der Waals surface area (Å²) in [4.78, 5) is 25.1. The summed E-state index contributed by atoms with van der Waals surface area (Å²) in [7, 11) is 0. The Morgan fingerprint density at radius 3 is 3.21 bits per heavy atom. The van der Waals surface area contributed by atoms with E-state index in [-0.39, 0.29) is 0 Å². The molecule has 70 valence electrons. The van der Waals surface area contributed by atoms with Crippen molar-refractivity contribution < 1.29 is 4.79 Å². The molecule has 1 aromatic heterocycles. The molecule has 1 aromatic rings. The van der Waals surface area contributed by atoms with Crippen LogP contribution >= 0.6 is 0 Å². The smallest absolute Gasteiger partial charge is 0.314 e. The largest absolute Gasteiger partial charge is 0.365 e. The van der Waals surface area contributed by atoms with Gasteiger partial charge in [-0.25, -0.2) is 4.98 Å². The molecule has 0 atom stereocenters. The lowest BCUT2D eigenvalue weighted by molar-refractivity contribution is -0.114. The standard InChI is InChI=1S/C9H7N3O2/c13-9(12-14)7-4-6-2-1-3-10-8(6)11-5-7/h1-4H,5H2,(H,10,11). The van der Waals surface area contributed by atoms with Crippen LogP contribution in [0.3, 0.4) is 0 Å². The molecule has 1 aliphatic rings. The topological polar surface area (TPSA) is 71.4 Å². The molecule has 5 heteroatoms. The summed E-state index contributed by atoms with van der Waals surface area (Å²) in [6.07, 6.45) is 3.28. The third kappa shape index (κ3) is 1.39. The highest BCUT2D eigenvalue weighted by Crippen LogP contribution is 2.20. The highest BCUT2D eigenvalue weighted by molar-refractivity contribution is 6.00. The zero-order chi connectivity index (χ0) is 9.97. The second-order valence-corrected chi connectivity index (χ2v) is 2.86. The molecule has 0 saturated heterocycles. The molecule has 0 aromatic carbocycles. The van der Waals surface area contributed by atoms with Crippen LogP contribution in [0.25, 0.3) is 6.08 Å². The van der Waals surface area contributed by atoms with Crippen LogP contribution in [-0.4, -0.2) is 17.4 Å². The monoisotopic (exact) mass is 189 g/mol. The Morgan fingerprint density at radius 2 is 2.43 bits per heavy atom. The van der Waals surface area contributed by atoms with Crippen LogP contribution in [0.2, 0.25) is 0 Å². The summed E-state index contributed by atoms with van der Waals surface area (Å²) in [6.45, 7) is 0.300. The molecular formula is C9H7N3O2. The Hall–Kier alpha value is -2.04. The molecule has 0 unspecified atom stereocenters. The molecule has 14 heavy (non-hydrogen) atoms. The molecule has 2 heterocycles. The summed E-state index contributed by atoms with van der Waals surface area (Å²) in [5.41, 5.74) is 1.16. The predicted molar refractivity (Wildman–Crippen MR) is 51.5 cm³/mol. The van der Waals surface area contributed by atoms with Crippen LogP contribution in [0.5, 0.6) is 0 Å².